The number of carbonyl (C=O) groups excluding carboxylic acids is 1. The van der Waals surface area contributed by atoms with Crippen LogP contribution in [0.2, 0.25) is 0 Å². The van der Waals surface area contributed by atoms with Crippen molar-refractivity contribution in [1.29, 1.82) is 0 Å². The zero-order chi connectivity index (χ0) is 13.1. The summed E-state index contributed by atoms with van der Waals surface area (Å²) in [6, 6.07) is 3.48. The Kier molecular flexibility index (Phi) is 3.47. The molecule has 3 N–H and O–H groups in total. The largest absolute Gasteiger partial charge is 0.466 e. The maximum absolute atomic E-state index is 11.4. The van der Waals surface area contributed by atoms with E-state index in [1.54, 1.807) is 29.7 Å². The van der Waals surface area contributed by atoms with Crippen LogP contribution in [0.3, 0.4) is 0 Å². The molecule has 0 atom stereocenters. The number of nitrogen functional groups attached to an aromatic ring is 1. The number of aliphatic hydroxyl groups is 1. The SMILES string of the molecule is CCOC(=O)Cc1nc2cc(CO)ccn2c1N. The number of fused-ring (bicyclic) bond motifs is 1. The summed E-state index contributed by atoms with van der Waals surface area (Å²) in [7, 11) is 0. The second-order valence-corrected chi connectivity index (χ2v) is 3.85. The molecule has 0 amide bonds. The molecule has 0 saturated heterocycles. The standard InChI is InChI=1S/C12H15N3O3/c1-2-18-11(17)6-9-12(13)15-4-3-8(7-16)5-10(15)14-9/h3-5,16H,2,6-7,13H2,1H3. The monoisotopic (exact) mass is 249 g/mol. The van der Waals surface area contributed by atoms with Crippen molar-refractivity contribution in [2.75, 3.05) is 12.3 Å². The average molecular weight is 249 g/mol. The molecule has 0 unspecified atom stereocenters. The highest BCUT2D eigenvalue weighted by Crippen LogP contribution is 2.17. The maximum atomic E-state index is 11.4. The maximum Gasteiger partial charge on any atom is 0.312 e. The summed E-state index contributed by atoms with van der Waals surface area (Å²) in [5.41, 5.74) is 7.75. The normalized spacial score (nSPS) is 10.8. The van der Waals surface area contributed by atoms with E-state index in [0.717, 1.165) is 5.56 Å². The number of pyridine rings is 1. The number of hydrogen-bond donors (Lipinski definition) is 2. The van der Waals surface area contributed by atoms with E-state index in [0.29, 0.717) is 23.8 Å². The molecule has 18 heavy (non-hydrogen) atoms. The van der Waals surface area contributed by atoms with Crippen molar-refractivity contribution in [2.24, 2.45) is 0 Å². The summed E-state index contributed by atoms with van der Waals surface area (Å²) in [5.74, 6) is 0.0672. The summed E-state index contributed by atoms with van der Waals surface area (Å²) < 4.78 is 6.53. The van der Waals surface area contributed by atoms with Crippen LogP contribution in [0.25, 0.3) is 5.65 Å². The Hall–Kier alpha value is -2.08. The Morgan fingerprint density at radius 1 is 1.61 bits per heavy atom. The lowest BCUT2D eigenvalue weighted by molar-refractivity contribution is -0.142. The molecule has 0 aromatic carbocycles. The van der Waals surface area contributed by atoms with Gasteiger partial charge in [0, 0.05) is 6.20 Å². The van der Waals surface area contributed by atoms with Crippen LogP contribution < -0.4 is 5.73 Å². The minimum Gasteiger partial charge on any atom is -0.466 e. The third-order valence-corrected chi connectivity index (χ3v) is 2.60. The van der Waals surface area contributed by atoms with Crippen LogP contribution in [0.4, 0.5) is 5.82 Å². The number of rotatable bonds is 4. The van der Waals surface area contributed by atoms with Gasteiger partial charge in [0.05, 0.1) is 25.3 Å². The van der Waals surface area contributed by atoms with E-state index in [2.05, 4.69) is 4.98 Å². The van der Waals surface area contributed by atoms with E-state index in [4.69, 9.17) is 15.6 Å². The van der Waals surface area contributed by atoms with Crippen molar-refractivity contribution in [3.05, 3.63) is 29.6 Å². The molecule has 2 rings (SSSR count). The molecule has 0 spiro atoms. The van der Waals surface area contributed by atoms with Crippen LogP contribution in [-0.2, 0) is 22.6 Å². The van der Waals surface area contributed by atoms with Gasteiger partial charge in [0.15, 0.2) is 0 Å². The molecule has 0 fully saturated rings. The first kappa shape index (κ1) is 12.4. The average Bonchev–Trinajstić information content (AvgIpc) is 2.66. The van der Waals surface area contributed by atoms with E-state index in [1.807, 2.05) is 0 Å². The molecular formula is C12H15N3O3. The smallest absolute Gasteiger partial charge is 0.312 e. The van der Waals surface area contributed by atoms with Gasteiger partial charge in [0.2, 0.25) is 0 Å². The molecular weight excluding hydrogens is 234 g/mol. The summed E-state index contributed by atoms with van der Waals surface area (Å²) in [5, 5.41) is 9.05. The van der Waals surface area contributed by atoms with Gasteiger partial charge in [0.1, 0.15) is 11.5 Å². The summed E-state index contributed by atoms with van der Waals surface area (Å²) in [6.07, 6.45) is 1.77. The van der Waals surface area contributed by atoms with Crippen molar-refractivity contribution < 1.29 is 14.6 Å². The number of esters is 1. The first-order valence-electron chi connectivity index (χ1n) is 5.67. The predicted octanol–water partition coefficient (Wildman–Crippen LogP) is 0.514. The lowest BCUT2D eigenvalue weighted by Crippen LogP contribution is -2.09. The highest BCUT2D eigenvalue weighted by molar-refractivity contribution is 5.74. The van der Waals surface area contributed by atoms with Crippen LogP contribution in [0.5, 0.6) is 0 Å². The number of imidazole rings is 1. The molecule has 0 aliphatic heterocycles. The van der Waals surface area contributed by atoms with Gasteiger partial charge >= 0.3 is 5.97 Å². The van der Waals surface area contributed by atoms with Crippen molar-refractivity contribution in [2.45, 2.75) is 20.0 Å². The second kappa shape index (κ2) is 5.05. The van der Waals surface area contributed by atoms with Gasteiger partial charge in [-0.2, -0.15) is 0 Å². The zero-order valence-corrected chi connectivity index (χ0v) is 10.1. The minimum absolute atomic E-state index is 0.0514. The molecule has 2 heterocycles. The Labute approximate surface area is 104 Å². The van der Waals surface area contributed by atoms with Crippen LogP contribution >= 0.6 is 0 Å². The first-order chi connectivity index (χ1) is 8.65. The van der Waals surface area contributed by atoms with Crippen LogP contribution in [0.1, 0.15) is 18.2 Å². The quantitative estimate of drug-likeness (QED) is 0.771. The highest BCUT2D eigenvalue weighted by Gasteiger charge is 2.13. The molecule has 0 radical (unpaired) electrons. The summed E-state index contributed by atoms with van der Waals surface area (Å²) in [4.78, 5) is 15.7. The fraction of sp³-hybridized carbons (Fsp3) is 0.333. The third kappa shape index (κ3) is 2.28. The number of anilines is 1. The van der Waals surface area contributed by atoms with Crippen LogP contribution in [0, 0.1) is 0 Å². The van der Waals surface area contributed by atoms with Gasteiger partial charge in [-0.3, -0.25) is 9.20 Å². The molecule has 0 saturated carbocycles. The number of aliphatic hydroxyl groups excluding tert-OH is 1. The van der Waals surface area contributed by atoms with E-state index in [1.165, 1.54) is 0 Å². The fourth-order valence-electron chi connectivity index (χ4n) is 1.73. The van der Waals surface area contributed by atoms with Crippen molar-refractivity contribution in [3.63, 3.8) is 0 Å². The molecule has 0 aliphatic carbocycles. The van der Waals surface area contributed by atoms with Gasteiger partial charge in [0.25, 0.3) is 0 Å². The van der Waals surface area contributed by atoms with Crippen molar-refractivity contribution in [3.8, 4) is 0 Å². The van der Waals surface area contributed by atoms with E-state index >= 15 is 0 Å². The molecule has 0 bridgehead atoms. The van der Waals surface area contributed by atoms with Crippen LogP contribution in [0.15, 0.2) is 18.3 Å². The number of hydrogen-bond acceptors (Lipinski definition) is 5. The van der Waals surface area contributed by atoms with Gasteiger partial charge in [-0.1, -0.05) is 0 Å². The minimum atomic E-state index is -0.352. The van der Waals surface area contributed by atoms with Gasteiger partial charge in [-0.25, -0.2) is 4.98 Å². The number of carbonyl (C=O) groups is 1. The molecule has 0 aliphatic rings. The van der Waals surface area contributed by atoms with Crippen molar-refractivity contribution in [1.82, 2.24) is 9.38 Å². The third-order valence-electron chi connectivity index (χ3n) is 2.60. The molecule has 2 aromatic heterocycles. The molecule has 2 aromatic rings. The Bertz CT molecular complexity index is 577. The second-order valence-electron chi connectivity index (χ2n) is 3.85. The number of nitrogens with zero attached hydrogens (tertiary/aromatic N) is 2. The van der Waals surface area contributed by atoms with Crippen LogP contribution in [-0.4, -0.2) is 27.1 Å². The molecule has 96 valence electrons. The Balaban J connectivity index is 2.34. The number of ether oxygens (including phenoxy) is 1. The van der Waals surface area contributed by atoms with Gasteiger partial charge < -0.3 is 15.6 Å². The van der Waals surface area contributed by atoms with Gasteiger partial charge in [-0.05, 0) is 24.6 Å². The number of aromatic nitrogens is 2. The lowest BCUT2D eigenvalue weighted by atomic mass is 10.3. The van der Waals surface area contributed by atoms with E-state index in [9.17, 15) is 4.79 Å². The first-order valence-corrected chi connectivity index (χ1v) is 5.67. The van der Waals surface area contributed by atoms with E-state index in [-0.39, 0.29) is 19.0 Å². The lowest BCUT2D eigenvalue weighted by Gasteiger charge is -2.00. The zero-order valence-electron chi connectivity index (χ0n) is 10.1. The van der Waals surface area contributed by atoms with Gasteiger partial charge in [-0.15, -0.1) is 0 Å². The summed E-state index contributed by atoms with van der Waals surface area (Å²) >= 11 is 0. The molecule has 6 heteroatoms. The highest BCUT2D eigenvalue weighted by atomic mass is 16.5. The fourth-order valence-corrected chi connectivity index (χ4v) is 1.73. The molecule has 6 nitrogen and oxygen atoms in total. The Morgan fingerprint density at radius 3 is 3.06 bits per heavy atom. The van der Waals surface area contributed by atoms with E-state index < -0.39 is 0 Å². The predicted molar refractivity (Wildman–Crippen MR) is 65.9 cm³/mol. The number of nitrogens with two attached hydrogens (primary N) is 1. The summed E-state index contributed by atoms with van der Waals surface area (Å²) in [6.45, 7) is 2.02. The van der Waals surface area contributed by atoms with Crippen molar-refractivity contribution >= 4 is 17.4 Å². The topological polar surface area (TPSA) is 89.8 Å². The Morgan fingerprint density at radius 2 is 2.39 bits per heavy atom.